The van der Waals surface area contributed by atoms with Gasteiger partial charge in [-0.25, -0.2) is 4.39 Å². The second-order valence-electron chi connectivity index (χ2n) is 4.67. The van der Waals surface area contributed by atoms with Gasteiger partial charge in [0.15, 0.2) is 0 Å². The molecule has 5 heteroatoms. The Morgan fingerprint density at radius 1 is 1.14 bits per heavy atom. The summed E-state index contributed by atoms with van der Waals surface area (Å²) < 4.78 is 24.7. The summed E-state index contributed by atoms with van der Waals surface area (Å²) in [4.78, 5) is 0. The number of hydrogen-bond donors (Lipinski definition) is 1. The Balaban J connectivity index is 2.52. The fourth-order valence-electron chi connectivity index (χ4n) is 2.24. The normalized spacial score (nSPS) is 12.1. The van der Waals surface area contributed by atoms with E-state index in [4.69, 9.17) is 9.47 Å². The number of aryl methyl sites for hydroxylation is 1. The summed E-state index contributed by atoms with van der Waals surface area (Å²) >= 11 is 3.39. The van der Waals surface area contributed by atoms with Gasteiger partial charge in [0, 0.05) is 5.56 Å². The standard InChI is InChI=1S/C16H16BrFO3/c1-9-6-10(8-11(18)7-9)15(19)12-4-5-13(20-2)14(17)16(12)21-3/h4-8,15,19H,1-3H3. The summed E-state index contributed by atoms with van der Waals surface area (Å²) in [5.74, 6) is 0.678. The van der Waals surface area contributed by atoms with E-state index in [1.807, 2.05) is 0 Å². The van der Waals surface area contributed by atoms with E-state index >= 15 is 0 Å². The zero-order valence-electron chi connectivity index (χ0n) is 12.0. The molecule has 0 spiro atoms. The van der Waals surface area contributed by atoms with Gasteiger partial charge in [-0.2, -0.15) is 0 Å². The van der Waals surface area contributed by atoms with Crippen LogP contribution in [-0.4, -0.2) is 19.3 Å². The Hall–Kier alpha value is -1.59. The molecule has 0 fully saturated rings. The fourth-order valence-corrected chi connectivity index (χ4v) is 2.92. The third kappa shape index (κ3) is 3.19. The van der Waals surface area contributed by atoms with Crippen molar-refractivity contribution in [2.45, 2.75) is 13.0 Å². The maximum absolute atomic E-state index is 13.5. The van der Waals surface area contributed by atoms with Gasteiger partial charge in [0.05, 0.1) is 14.2 Å². The van der Waals surface area contributed by atoms with E-state index in [-0.39, 0.29) is 5.82 Å². The van der Waals surface area contributed by atoms with Crippen LogP contribution >= 0.6 is 15.9 Å². The Morgan fingerprint density at radius 3 is 2.43 bits per heavy atom. The molecule has 0 bridgehead atoms. The Bertz CT molecular complexity index is 638. The molecule has 0 aliphatic heterocycles. The van der Waals surface area contributed by atoms with Crippen LogP contribution in [0.5, 0.6) is 11.5 Å². The minimum Gasteiger partial charge on any atom is -0.495 e. The molecule has 0 heterocycles. The molecule has 1 atom stereocenters. The molecule has 0 radical (unpaired) electrons. The van der Waals surface area contributed by atoms with Gasteiger partial charge in [-0.3, -0.25) is 0 Å². The zero-order valence-corrected chi connectivity index (χ0v) is 13.6. The van der Waals surface area contributed by atoms with Gasteiger partial charge in [-0.15, -0.1) is 0 Å². The molecule has 2 aromatic rings. The predicted octanol–water partition coefficient (Wildman–Crippen LogP) is 4.00. The van der Waals surface area contributed by atoms with Crippen LogP contribution in [-0.2, 0) is 0 Å². The number of methoxy groups -OCH3 is 2. The Kier molecular flexibility index (Phi) is 4.85. The zero-order chi connectivity index (χ0) is 15.6. The molecule has 0 amide bonds. The lowest BCUT2D eigenvalue weighted by molar-refractivity contribution is 0.213. The second kappa shape index (κ2) is 6.45. The molecule has 0 saturated heterocycles. The van der Waals surface area contributed by atoms with Gasteiger partial charge in [0.1, 0.15) is 27.9 Å². The number of halogens is 2. The maximum Gasteiger partial charge on any atom is 0.142 e. The SMILES string of the molecule is COc1ccc(C(O)c2cc(C)cc(F)c2)c(OC)c1Br. The van der Waals surface area contributed by atoms with Gasteiger partial charge < -0.3 is 14.6 Å². The van der Waals surface area contributed by atoms with Gasteiger partial charge in [-0.05, 0) is 58.2 Å². The molecule has 0 aliphatic carbocycles. The van der Waals surface area contributed by atoms with E-state index in [1.165, 1.54) is 19.2 Å². The van der Waals surface area contributed by atoms with Crippen LogP contribution in [0.1, 0.15) is 22.8 Å². The molecule has 1 unspecified atom stereocenters. The molecule has 0 aliphatic rings. The number of aliphatic hydroxyl groups excluding tert-OH is 1. The summed E-state index contributed by atoms with van der Waals surface area (Å²) in [5, 5.41) is 10.5. The molecule has 0 aromatic heterocycles. The lowest BCUT2D eigenvalue weighted by Gasteiger charge is -2.18. The monoisotopic (exact) mass is 354 g/mol. The average molecular weight is 355 g/mol. The van der Waals surface area contributed by atoms with Gasteiger partial charge in [-0.1, -0.05) is 6.07 Å². The van der Waals surface area contributed by atoms with Crippen molar-refractivity contribution in [3.63, 3.8) is 0 Å². The molecular weight excluding hydrogens is 339 g/mol. The molecule has 0 saturated carbocycles. The van der Waals surface area contributed by atoms with Crippen molar-refractivity contribution in [3.05, 3.63) is 57.3 Å². The highest BCUT2D eigenvalue weighted by atomic mass is 79.9. The first kappa shape index (κ1) is 15.8. The van der Waals surface area contributed by atoms with Crippen molar-refractivity contribution in [2.75, 3.05) is 14.2 Å². The number of ether oxygens (including phenoxy) is 2. The first-order chi connectivity index (χ1) is 9.97. The fraction of sp³-hybridized carbons (Fsp3) is 0.250. The van der Waals surface area contributed by atoms with Crippen LogP contribution in [0.15, 0.2) is 34.8 Å². The summed E-state index contributed by atoms with van der Waals surface area (Å²) in [5.41, 5.74) is 1.76. The van der Waals surface area contributed by atoms with Crippen LogP contribution in [0.2, 0.25) is 0 Å². The van der Waals surface area contributed by atoms with Gasteiger partial charge in [0.25, 0.3) is 0 Å². The van der Waals surface area contributed by atoms with Gasteiger partial charge in [0.2, 0.25) is 0 Å². The molecule has 1 N–H and O–H groups in total. The smallest absolute Gasteiger partial charge is 0.142 e. The van der Waals surface area contributed by atoms with Crippen molar-refractivity contribution in [2.24, 2.45) is 0 Å². The van der Waals surface area contributed by atoms with E-state index in [2.05, 4.69) is 15.9 Å². The quantitative estimate of drug-likeness (QED) is 0.901. The van der Waals surface area contributed by atoms with Crippen LogP contribution in [0.25, 0.3) is 0 Å². The molecule has 2 rings (SSSR count). The summed E-state index contributed by atoms with van der Waals surface area (Å²) in [7, 11) is 3.05. The van der Waals surface area contributed by atoms with Crippen molar-refractivity contribution in [1.29, 1.82) is 0 Å². The van der Waals surface area contributed by atoms with Crippen LogP contribution in [0.4, 0.5) is 4.39 Å². The van der Waals surface area contributed by atoms with Crippen molar-refractivity contribution in [1.82, 2.24) is 0 Å². The first-order valence-electron chi connectivity index (χ1n) is 6.33. The topological polar surface area (TPSA) is 38.7 Å². The van der Waals surface area contributed by atoms with Gasteiger partial charge >= 0.3 is 0 Å². The van der Waals surface area contributed by atoms with Crippen molar-refractivity contribution < 1.29 is 19.0 Å². The number of rotatable bonds is 4. The highest BCUT2D eigenvalue weighted by Crippen LogP contribution is 2.41. The minimum atomic E-state index is -0.989. The Labute approximate surface area is 131 Å². The van der Waals surface area contributed by atoms with E-state index in [9.17, 15) is 9.50 Å². The van der Waals surface area contributed by atoms with Crippen LogP contribution < -0.4 is 9.47 Å². The molecule has 2 aromatic carbocycles. The average Bonchev–Trinajstić information content (AvgIpc) is 2.45. The molecule has 112 valence electrons. The van der Waals surface area contributed by atoms with E-state index in [1.54, 1.807) is 32.2 Å². The summed E-state index contributed by atoms with van der Waals surface area (Å²) in [6.07, 6.45) is -0.989. The maximum atomic E-state index is 13.5. The van der Waals surface area contributed by atoms with Crippen LogP contribution in [0, 0.1) is 12.7 Å². The first-order valence-corrected chi connectivity index (χ1v) is 7.12. The van der Waals surface area contributed by atoms with Crippen molar-refractivity contribution >= 4 is 15.9 Å². The van der Waals surface area contributed by atoms with Crippen LogP contribution in [0.3, 0.4) is 0 Å². The highest BCUT2D eigenvalue weighted by molar-refractivity contribution is 9.10. The largest absolute Gasteiger partial charge is 0.495 e. The third-order valence-corrected chi connectivity index (χ3v) is 3.94. The predicted molar refractivity (Wildman–Crippen MR) is 82.4 cm³/mol. The summed E-state index contributed by atoms with van der Waals surface area (Å²) in [6.45, 7) is 1.78. The minimum absolute atomic E-state index is 0.379. The van der Waals surface area contributed by atoms with E-state index in [0.29, 0.717) is 27.1 Å². The lowest BCUT2D eigenvalue weighted by Crippen LogP contribution is -2.04. The van der Waals surface area contributed by atoms with Crippen molar-refractivity contribution in [3.8, 4) is 11.5 Å². The summed E-state index contributed by atoms with van der Waals surface area (Å²) in [6, 6.07) is 7.89. The highest BCUT2D eigenvalue weighted by Gasteiger charge is 2.20. The molecular formula is C16H16BrFO3. The number of hydrogen-bond acceptors (Lipinski definition) is 3. The molecule has 21 heavy (non-hydrogen) atoms. The van der Waals surface area contributed by atoms with E-state index in [0.717, 1.165) is 5.56 Å². The lowest BCUT2D eigenvalue weighted by atomic mass is 9.99. The second-order valence-corrected chi connectivity index (χ2v) is 5.46. The number of aliphatic hydroxyl groups is 1. The Morgan fingerprint density at radius 2 is 1.86 bits per heavy atom. The van der Waals surface area contributed by atoms with E-state index < -0.39 is 6.10 Å². The molecule has 3 nitrogen and oxygen atoms in total. The third-order valence-electron chi connectivity index (χ3n) is 3.19. The number of benzene rings is 2.